The molecule has 5 fully saturated rings. The monoisotopic (exact) mass is 768 g/mol. The van der Waals surface area contributed by atoms with Gasteiger partial charge in [0.05, 0.1) is 33.0 Å². The van der Waals surface area contributed by atoms with Crippen molar-refractivity contribution in [3.63, 3.8) is 0 Å². The number of aliphatic hydroxyl groups is 15. The van der Waals surface area contributed by atoms with Crippen LogP contribution < -0.4 is 0 Å². The summed E-state index contributed by atoms with van der Waals surface area (Å²) in [6.45, 7) is -3.88. The van der Waals surface area contributed by atoms with Gasteiger partial charge in [0.25, 0.3) is 0 Å². The highest BCUT2D eigenvalue weighted by Gasteiger charge is 2.57. The van der Waals surface area contributed by atoms with Gasteiger partial charge < -0.3 is 119 Å². The Kier molecular flexibility index (Phi) is 14.5. The summed E-state index contributed by atoms with van der Waals surface area (Å²) < 4.78 is 50.1. The highest BCUT2D eigenvalue weighted by molar-refractivity contribution is 4.98. The molecule has 1 unspecified atom stereocenters. The van der Waals surface area contributed by atoms with Crippen molar-refractivity contribution in [1.82, 2.24) is 0 Å². The maximum absolute atomic E-state index is 11.4. The van der Waals surface area contributed by atoms with Gasteiger partial charge in [-0.1, -0.05) is 0 Å². The molecule has 5 saturated heterocycles. The average Bonchev–Trinajstić information content (AvgIpc) is 3.13. The third kappa shape index (κ3) is 8.55. The van der Waals surface area contributed by atoms with Crippen molar-refractivity contribution < 1.29 is 119 Å². The molecular weight excluding hydrogens is 720 g/mol. The Morgan fingerprint density at radius 3 is 1.33 bits per heavy atom. The summed E-state index contributed by atoms with van der Waals surface area (Å²) in [6.07, 6.45) is -42.2. The molecule has 304 valence electrons. The largest absolute Gasteiger partial charge is 0.394 e. The van der Waals surface area contributed by atoms with E-state index in [4.69, 9.17) is 42.6 Å². The van der Waals surface area contributed by atoms with E-state index in [2.05, 4.69) is 0 Å². The summed E-state index contributed by atoms with van der Waals surface area (Å²) in [6, 6.07) is 0. The molecule has 23 atom stereocenters. The molecule has 0 aliphatic carbocycles. The Morgan fingerprint density at radius 1 is 0.365 bits per heavy atom. The van der Waals surface area contributed by atoms with E-state index in [1.165, 1.54) is 0 Å². The molecule has 5 heterocycles. The van der Waals surface area contributed by atoms with Crippen LogP contribution in [0.1, 0.15) is 0 Å². The number of ether oxygens (including phenoxy) is 9. The van der Waals surface area contributed by atoms with E-state index < -0.39 is 174 Å². The first-order valence-electron chi connectivity index (χ1n) is 16.4. The topological polar surface area (TPSA) is 387 Å². The van der Waals surface area contributed by atoms with Gasteiger partial charge in [-0.2, -0.15) is 0 Å². The molecule has 0 aromatic rings. The number of aliphatic hydroxyl groups excluding tert-OH is 15. The van der Waals surface area contributed by atoms with E-state index in [0.717, 1.165) is 0 Å². The summed E-state index contributed by atoms with van der Waals surface area (Å²) in [7, 11) is 0. The quantitative estimate of drug-likeness (QED) is 0.0927. The van der Waals surface area contributed by atoms with Crippen LogP contribution in [0.3, 0.4) is 0 Å². The zero-order valence-electron chi connectivity index (χ0n) is 27.2. The molecule has 5 rings (SSSR count). The van der Waals surface area contributed by atoms with Gasteiger partial charge in [-0.25, -0.2) is 0 Å². The van der Waals surface area contributed by atoms with Crippen molar-refractivity contribution in [1.29, 1.82) is 0 Å². The van der Waals surface area contributed by atoms with Gasteiger partial charge in [-0.05, 0) is 0 Å². The average molecular weight is 769 g/mol. The molecule has 52 heavy (non-hydrogen) atoms. The lowest BCUT2D eigenvalue weighted by Crippen LogP contribution is -2.68. The summed E-state index contributed by atoms with van der Waals surface area (Å²) in [5.41, 5.74) is 0. The van der Waals surface area contributed by atoms with Crippen LogP contribution in [0, 0.1) is 0 Å². The SMILES string of the molecule is OC[C@H]1O[C@@H](O[C@H]2[C@H](O[C@@H]3[C@H](O)[C@@H](O)C(O)O[C@@H]3CO)O[C@H](CO)[C@@H](O)[C@@H]2O[C@@H]2OC[C@@H](O)[C@H](O)[C@H]2O)[C@H](O)[C@@H](O[C@@H]2OC[C@@H](O)[C@H](O)[C@H]2O)[C@@H]1O. The fraction of sp³-hybridized carbons (Fsp3) is 1.00. The fourth-order valence-corrected chi connectivity index (χ4v) is 6.43. The van der Waals surface area contributed by atoms with E-state index in [9.17, 15) is 76.6 Å². The standard InChI is InChI=1S/C28H48O24/c29-1-8-13(36)21(50-25-17(40)11(34)6(32)4-44-25)19(42)27(47-8)52-23-22(51-26-18(41)12(35)7(33)5-45-26)14(37)9(2-30)48-28(23)49-20-10(3-31)46-24(43)16(39)15(20)38/h6-43H,1-5H2/t6-,7-,8-,9-,10-,11+,12+,13-,14-,15-,16-,17-,18-,19-,20+,21+,22+,23-,24?,25+,26+,27+,28+/m1/s1. The fourth-order valence-electron chi connectivity index (χ4n) is 6.43. The molecule has 24 heteroatoms. The molecule has 0 radical (unpaired) electrons. The van der Waals surface area contributed by atoms with Crippen molar-refractivity contribution in [2.24, 2.45) is 0 Å². The predicted molar refractivity (Wildman–Crippen MR) is 155 cm³/mol. The third-order valence-electron chi connectivity index (χ3n) is 9.53. The second-order valence-electron chi connectivity index (χ2n) is 13.1. The molecule has 5 aliphatic rings. The van der Waals surface area contributed by atoms with Crippen molar-refractivity contribution in [2.75, 3.05) is 33.0 Å². The van der Waals surface area contributed by atoms with Gasteiger partial charge >= 0.3 is 0 Å². The number of hydrogen-bond acceptors (Lipinski definition) is 24. The first-order chi connectivity index (χ1) is 24.6. The van der Waals surface area contributed by atoms with Gasteiger partial charge in [0.15, 0.2) is 31.5 Å². The van der Waals surface area contributed by atoms with Gasteiger partial charge in [0.2, 0.25) is 0 Å². The third-order valence-corrected chi connectivity index (χ3v) is 9.53. The van der Waals surface area contributed by atoms with Crippen molar-refractivity contribution in [2.45, 2.75) is 141 Å². The summed E-state index contributed by atoms with van der Waals surface area (Å²) in [5.74, 6) is 0. The zero-order valence-corrected chi connectivity index (χ0v) is 27.2. The Hall–Kier alpha value is -0.960. The molecule has 15 N–H and O–H groups in total. The Labute approximate surface area is 293 Å². The van der Waals surface area contributed by atoms with E-state index in [0.29, 0.717) is 0 Å². The lowest BCUT2D eigenvalue weighted by atomic mass is 9.95. The van der Waals surface area contributed by atoms with Crippen molar-refractivity contribution in [3.8, 4) is 0 Å². The normalized spacial score (nSPS) is 53.5. The summed E-state index contributed by atoms with van der Waals surface area (Å²) >= 11 is 0. The first-order valence-corrected chi connectivity index (χ1v) is 16.4. The molecule has 5 aliphatic heterocycles. The summed E-state index contributed by atoms with van der Waals surface area (Å²) in [4.78, 5) is 0. The van der Waals surface area contributed by atoms with Crippen LogP contribution in [0.25, 0.3) is 0 Å². The van der Waals surface area contributed by atoms with E-state index in [-0.39, 0.29) is 0 Å². The van der Waals surface area contributed by atoms with E-state index in [1.807, 2.05) is 0 Å². The van der Waals surface area contributed by atoms with Gasteiger partial charge in [0.1, 0.15) is 110 Å². The molecule has 0 aromatic heterocycles. The molecule has 24 nitrogen and oxygen atoms in total. The van der Waals surface area contributed by atoms with Crippen LogP contribution in [0.5, 0.6) is 0 Å². The van der Waals surface area contributed by atoms with Crippen LogP contribution in [0.15, 0.2) is 0 Å². The minimum absolute atomic E-state index is 0.527. The molecule has 0 saturated carbocycles. The molecule has 0 aromatic carbocycles. The molecular formula is C28H48O24. The highest BCUT2D eigenvalue weighted by Crippen LogP contribution is 2.36. The Balaban J connectivity index is 1.47. The molecule has 0 spiro atoms. The van der Waals surface area contributed by atoms with Crippen molar-refractivity contribution >= 4 is 0 Å². The lowest BCUT2D eigenvalue weighted by molar-refractivity contribution is -0.407. The predicted octanol–water partition coefficient (Wildman–Crippen LogP) is -10.6. The van der Waals surface area contributed by atoms with Gasteiger partial charge in [0, 0.05) is 0 Å². The molecule has 0 amide bonds. The minimum Gasteiger partial charge on any atom is -0.394 e. The van der Waals surface area contributed by atoms with Crippen LogP contribution >= 0.6 is 0 Å². The maximum atomic E-state index is 11.4. The van der Waals surface area contributed by atoms with Crippen LogP contribution in [0.2, 0.25) is 0 Å². The Morgan fingerprint density at radius 2 is 0.808 bits per heavy atom. The van der Waals surface area contributed by atoms with Crippen LogP contribution in [-0.4, -0.2) is 251 Å². The van der Waals surface area contributed by atoms with Gasteiger partial charge in [-0.15, -0.1) is 0 Å². The van der Waals surface area contributed by atoms with Crippen molar-refractivity contribution in [3.05, 3.63) is 0 Å². The number of rotatable bonds is 11. The highest BCUT2D eigenvalue weighted by atomic mass is 16.8. The minimum atomic E-state index is -2.11. The second-order valence-corrected chi connectivity index (χ2v) is 13.1. The zero-order chi connectivity index (χ0) is 38.2. The lowest BCUT2D eigenvalue weighted by Gasteiger charge is -2.50. The molecule has 0 bridgehead atoms. The number of hydrogen-bond donors (Lipinski definition) is 15. The Bertz CT molecular complexity index is 1110. The first kappa shape index (κ1) is 42.2. The van der Waals surface area contributed by atoms with Crippen LogP contribution in [0.4, 0.5) is 0 Å². The van der Waals surface area contributed by atoms with Gasteiger partial charge in [-0.3, -0.25) is 0 Å². The van der Waals surface area contributed by atoms with Crippen LogP contribution in [-0.2, 0) is 42.6 Å². The summed E-state index contributed by atoms with van der Waals surface area (Å²) in [5, 5.41) is 156. The van der Waals surface area contributed by atoms with E-state index >= 15 is 0 Å². The maximum Gasteiger partial charge on any atom is 0.187 e. The smallest absolute Gasteiger partial charge is 0.187 e. The van der Waals surface area contributed by atoms with E-state index in [1.54, 1.807) is 0 Å². The second kappa shape index (κ2) is 17.9.